The third-order valence-corrected chi connectivity index (χ3v) is 6.21. The maximum atomic E-state index is 12.4. The van der Waals surface area contributed by atoms with Crippen LogP contribution in [-0.2, 0) is 15.7 Å². The summed E-state index contributed by atoms with van der Waals surface area (Å²) in [5.41, 5.74) is 1.12. The van der Waals surface area contributed by atoms with Crippen LogP contribution >= 0.6 is 0 Å². The predicted molar refractivity (Wildman–Crippen MR) is 99.1 cm³/mol. The number of rotatable bonds is 7. The fraction of sp³-hybridized carbons (Fsp3) is 0.529. The first-order valence-corrected chi connectivity index (χ1v) is 9.98. The standard InChI is InChI=1S/C17H25N3O3S/c1-3-16(21)20-13-4-5-14(15(12-13)23-2)17(22)19-8-11-24-9-6-18-7-10-24/h4-5,12,18H,3,6-11H2,1-2H3,(H-,19,20,21,22)/p+1. The molecule has 1 heterocycles. The normalized spacial score (nSPS) is 14.9. The largest absolute Gasteiger partial charge is 0.496 e. The van der Waals surface area contributed by atoms with Gasteiger partial charge in [-0.25, -0.2) is 0 Å². The molecule has 0 spiro atoms. The molecule has 0 aromatic heterocycles. The Labute approximate surface area is 146 Å². The summed E-state index contributed by atoms with van der Waals surface area (Å²) in [6, 6.07) is 5.09. The van der Waals surface area contributed by atoms with Crippen molar-refractivity contribution in [3.63, 3.8) is 0 Å². The Morgan fingerprint density at radius 2 is 2.04 bits per heavy atom. The molecule has 0 bridgehead atoms. The Morgan fingerprint density at radius 1 is 1.29 bits per heavy atom. The highest BCUT2D eigenvalue weighted by molar-refractivity contribution is 7.96. The van der Waals surface area contributed by atoms with E-state index in [9.17, 15) is 9.59 Å². The first-order valence-electron chi connectivity index (χ1n) is 8.25. The summed E-state index contributed by atoms with van der Waals surface area (Å²) in [5.74, 6) is 3.68. The van der Waals surface area contributed by atoms with Gasteiger partial charge < -0.3 is 20.7 Å². The van der Waals surface area contributed by atoms with Crippen LogP contribution in [0.5, 0.6) is 5.75 Å². The van der Waals surface area contributed by atoms with Gasteiger partial charge in [-0.2, -0.15) is 0 Å². The second kappa shape index (κ2) is 9.54. The van der Waals surface area contributed by atoms with E-state index in [0.29, 0.717) is 40.9 Å². The molecule has 0 radical (unpaired) electrons. The zero-order chi connectivity index (χ0) is 17.4. The first kappa shape index (κ1) is 18.6. The van der Waals surface area contributed by atoms with Crippen LogP contribution < -0.4 is 20.7 Å². The van der Waals surface area contributed by atoms with Crippen molar-refractivity contribution < 1.29 is 14.3 Å². The van der Waals surface area contributed by atoms with Gasteiger partial charge in [0.25, 0.3) is 5.91 Å². The van der Waals surface area contributed by atoms with E-state index >= 15 is 0 Å². The van der Waals surface area contributed by atoms with Gasteiger partial charge in [-0.05, 0) is 23.0 Å². The number of ether oxygens (including phenoxy) is 1. The third kappa shape index (κ3) is 5.42. The van der Waals surface area contributed by atoms with Crippen molar-refractivity contribution in [1.82, 2.24) is 10.6 Å². The van der Waals surface area contributed by atoms with Crippen molar-refractivity contribution in [2.45, 2.75) is 13.3 Å². The van der Waals surface area contributed by atoms with Crippen LogP contribution in [0.2, 0.25) is 0 Å². The molecule has 0 atom stereocenters. The summed E-state index contributed by atoms with van der Waals surface area (Å²) in [4.78, 5) is 23.8. The van der Waals surface area contributed by atoms with Gasteiger partial charge in [0, 0.05) is 31.3 Å². The number of hydrogen-bond donors (Lipinski definition) is 3. The lowest BCUT2D eigenvalue weighted by atomic mass is 10.1. The quantitative estimate of drug-likeness (QED) is 0.640. The molecule has 6 nitrogen and oxygen atoms in total. The van der Waals surface area contributed by atoms with E-state index in [0.717, 1.165) is 18.8 Å². The highest BCUT2D eigenvalue weighted by Gasteiger charge is 2.21. The van der Waals surface area contributed by atoms with E-state index in [-0.39, 0.29) is 11.8 Å². The van der Waals surface area contributed by atoms with Gasteiger partial charge in [-0.3, -0.25) is 9.59 Å². The van der Waals surface area contributed by atoms with Crippen LogP contribution in [0.15, 0.2) is 18.2 Å². The molecule has 1 aliphatic heterocycles. The predicted octanol–water partition coefficient (Wildman–Crippen LogP) is 0.995. The highest BCUT2D eigenvalue weighted by atomic mass is 32.2. The van der Waals surface area contributed by atoms with Crippen molar-refractivity contribution in [3.05, 3.63) is 23.8 Å². The number of methoxy groups -OCH3 is 1. The van der Waals surface area contributed by atoms with E-state index < -0.39 is 0 Å². The Kier molecular flexibility index (Phi) is 7.39. The summed E-state index contributed by atoms with van der Waals surface area (Å²) in [7, 11) is 1.93. The molecular formula is C17H26N3O3S+. The van der Waals surface area contributed by atoms with Gasteiger partial charge in [0.05, 0.1) is 19.2 Å². The molecule has 7 heteroatoms. The van der Waals surface area contributed by atoms with Crippen LogP contribution in [-0.4, -0.2) is 55.8 Å². The van der Waals surface area contributed by atoms with Crippen LogP contribution in [0.3, 0.4) is 0 Å². The van der Waals surface area contributed by atoms with E-state index in [2.05, 4.69) is 16.0 Å². The number of carbonyl (C=O) groups excluding carboxylic acids is 2. The molecule has 1 aliphatic rings. The lowest BCUT2D eigenvalue weighted by Gasteiger charge is -2.15. The van der Waals surface area contributed by atoms with Crippen LogP contribution in [0.1, 0.15) is 23.7 Å². The molecule has 132 valence electrons. The SMILES string of the molecule is CCC(=O)Nc1ccc(C(=O)NCC[S+]2CCNCC2)c(OC)c1. The molecular weight excluding hydrogens is 326 g/mol. The molecule has 0 aliphatic carbocycles. The summed E-state index contributed by atoms with van der Waals surface area (Å²) in [5, 5.41) is 9.09. The Balaban J connectivity index is 1.91. The summed E-state index contributed by atoms with van der Waals surface area (Å²) >= 11 is 0. The molecule has 24 heavy (non-hydrogen) atoms. The third-order valence-electron chi connectivity index (χ3n) is 3.86. The maximum absolute atomic E-state index is 12.4. The molecule has 1 saturated heterocycles. The van der Waals surface area contributed by atoms with Crippen molar-refractivity contribution in [1.29, 1.82) is 0 Å². The van der Waals surface area contributed by atoms with Gasteiger partial charge in [-0.1, -0.05) is 6.92 Å². The minimum absolute atomic E-state index is 0.0720. The fourth-order valence-electron chi connectivity index (χ4n) is 2.47. The lowest BCUT2D eigenvalue weighted by Crippen LogP contribution is -2.40. The first-order chi connectivity index (χ1) is 11.6. The topological polar surface area (TPSA) is 79.5 Å². The average molecular weight is 352 g/mol. The number of amides is 2. The second-order valence-corrected chi connectivity index (χ2v) is 8.00. The van der Waals surface area contributed by atoms with E-state index in [1.165, 1.54) is 18.6 Å². The van der Waals surface area contributed by atoms with E-state index in [1.807, 2.05) is 0 Å². The molecule has 1 aromatic rings. The zero-order valence-corrected chi connectivity index (χ0v) is 15.1. The maximum Gasteiger partial charge on any atom is 0.255 e. The number of benzene rings is 1. The van der Waals surface area contributed by atoms with Gasteiger partial charge in [0.15, 0.2) is 0 Å². The number of anilines is 1. The zero-order valence-electron chi connectivity index (χ0n) is 14.3. The van der Waals surface area contributed by atoms with Crippen molar-refractivity contribution >= 4 is 28.4 Å². The molecule has 1 fully saturated rings. The second-order valence-electron chi connectivity index (χ2n) is 5.55. The number of nitrogens with one attached hydrogen (secondary N) is 3. The Bertz CT molecular complexity index is 574. The fourth-order valence-corrected chi connectivity index (χ4v) is 4.34. The molecule has 0 unspecified atom stereocenters. The van der Waals surface area contributed by atoms with Gasteiger partial charge in [-0.15, -0.1) is 0 Å². The number of hydrogen-bond acceptors (Lipinski definition) is 4. The molecule has 2 amide bonds. The summed E-state index contributed by atoms with van der Waals surface area (Å²) in [6.07, 6.45) is 0.405. The molecule has 2 rings (SSSR count). The molecule has 3 N–H and O–H groups in total. The van der Waals surface area contributed by atoms with Crippen LogP contribution in [0.4, 0.5) is 5.69 Å². The minimum Gasteiger partial charge on any atom is -0.496 e. The smallest absolute Gasteiger partial charge is 0.255 e. The average Bonchev–Trinajstić information content (AvgIpc) is 2.62. The van der Waals surface area contributed by atoms with Crippen LogP contribution in [0.25, 0.3) is 0 Å². The van der Waals surface area contributed by atoms with Crippen molar-refractivity contribution in [2.24, 2.45) is 0 Å². The monoisotopic (exact) mass is 352 g/mol. The summed E-state index contributed by atoms with van der Waals surface area (Å²) < 4.78 is 5.30. The molecule has 1 aromatic carbocycles. The van der Waals surface area contributed by atoms with Gasteiger partial charge in [0.2, 0.25) is 5.91 Å². The lowest BCUT2D eigenvalue weighted by molar-refractivity contribution is -0.115. The van der Waals surface area contributed by atoms with E-state index in [1.54, 1.807) is 25.1 Å². The highest BCUT2D eigenvalue weighted by Crippen LogP contribution is 2.23. The Morgan fingerprint density at radius 3 is 2.71 bits per heavy atom. The summed E-state index contributed by atoms with van der Waals surface area (Å²) in [6.45, 7) is 4.63. The minimum atomic E-state index is -0.140. The number of carbonyl (C=O) groups is 2. The van der Waals surface area contributed by atoms with Gasteiger partial charge >= 0.3 is 0 Å². The Hall–Kier alpha value is -1.73. The van der Waals surface area contributed by atoms with E-state index in [4.69, 9.17) is 4.74 Å². The van der Waals surface area contributed by atoms with Crippen molar-refractivity contribution in [3.8, 4) is 5.75 Å². The van der Waals surface area contributed by atoms with Crippen LogP contribution in [0, 0.1) is 0 Å². The van der Waals surface area contributed by atoms with Gasteiger partial charge in [0.1, 0.15) is 23.0 Å². The van der Waals surface area contributed by atoms with Crippen molar-refractivity contribution in [2.75, 3.05) is 49.3 Å². The molecule has 0 saturated carbocycles.